The number of anilines is 1. The molecule has 7 nitrogen and oxygen atoms in total. The molecule has 0 aromatic heterocycles. The van der Waals surface area contributed by atoms with E-state index in [1.165, 1.54) is 28.5 Å². The Labute approximate surface area is 192 Å². The van der Waals surface area contributed by atoms with Gasteiger partial charge in [0.25, 0.3) is 0 Å². The second-order valence-corrected chi connectivity index (χ2v) is 11.7. The molecule has 1 atom stereocenters. The van der Waals surface area contributed by atoms with E-state index in [9.17, 15) is 18.0 Å². The van der Waals surface area contributed by atoms with Crippen LogP contribution in [0.2, 0.25) is 0 Å². The van der Waals surface area contributed by atoms with Gasteiger partial charge in [-0.3, -0.25) is 14.5 Å². The molecule has 1 aliphatic carbocycles. The van der Waals surface area contributed by atoms with Gasteiger partial charge < -0.3 is 5.32 Å². The molecule has 2 amide bonds. The predicted octanol–water partition coefficient (Wildman–Crippen LogP) is 3.29. The molecule has 1 saturated heterocycles. The Kier molecular flexibility index (Phi) is 7.65. The van der Waals surface area contributed by atoms with Gasteiger partial charge in [-0.2, -0.15) is 4.31 Å². The van der Waals surface area contributed by atoms with E-state index in [1.54, 1.807) is 13.8 Å². The van der Waals surface area contributed by atoms with Crippen molar-refractivity contribution < 1.29 is 18.0 Å². The van der Waals surface area contributed by atoms with Crippen LogP contribution >= 0.6 is 0 Å². The lowest BCUT2D eigenvalue weighted by Gasteiger charge is -2.47. The average Bonchev–Trinajstić information content (AvgIpc) is 2.70. The maximum atomic E-state index is 13.7. The maximum Gasteiger partial charge on any atom is 0.247 e. The minimum Gasteiger partial charge on any atom is -0.351 e. The Bertz CT molecular complexity index is 954. The molecule has 0 bridgehead atoms. The van der Waals surface area contributed by atoms with Gasteiger partial charge in [-0.25, -0.2) is 8.42 Å². The highest BCUT2D eigenvalue weighted by Crippen LogP contribution is 2.33. The number of rotatable bonds is 5. The quantitative estimate of drug-likeness (QED) is 0.726. The molecule has 0 radical (unpaired) electrons. The van der Waals surface area contributed by atoms with Crippen molar-refractivity contribution >= 4 is 27.5 Å². The van der Waals surface area contributed by atoms with Crippen LogP contribution in [0.4, 0.5) is 5.69 Å². The van der Waals surface area contributed by atoms with E-state index in [1.807, 2.05) is 32.0 Å². The second kappa shape index (κ2) is 9.91. The van der Waals surface area contributed by atoms with Gasteiger partial charge >= 0.3 is 0 Å². The Hall–Kier alpha value is -1.93. The van der Waals surface area contributed by atoms with Crippen LogP contribution in [-0.2, 0) is 19.6 Å². The van der Waals surface area contributed by atoms with Crippen molar-refractivity contribution in [1.82, 2.24) is 9.62 Å². The van der Waals surface area contributed by atoms with Crippen LogP contribution < -0.4 is 10.2 Å². The molecule has 1 saturated carbocycles. The molecule has 1 aromatic rings. The van der Waals surface area contributed by atoms with Crippen molar-refractivity contribution in [3.63, 3.8) is 0 Å². The third kappa shape index (κ3) is 5.17. The molecule has 1 heterocycles. The predicted molar refractivity (Wildman–Crippen MR) is 127 cm³/mol. The summed E-state index contributed by atoms with van der Waals surface area (Å²) in [4.78, 5) is 28.6. The number of piperazine rings is 1. The molecule has 1 aliphatic heterocycles. The highest BCUT2D eigenvalue weighted by atomic mass is 32.2. The SMILES string of the molecule is CCS(=O)(=O)N1CC(=O)N(c2ccc(C)cc2C)[C@](C)(C(=O)NC2CCCCCCC2)C1. The van der Waals surface area contributed by atoms with Crippen molar-refractivity contribution in [2.75, 3.05) is 23.7 Å². The Morgan fingerprint density at radius 3 is 2.34 bits per heavy atom. The largest absolute Gasteiger partial charge is 0.351 e. The first-order chi connectivity index (χ1) is 15.1. The zero-order chi connectivity index (χ0) is 23.5. The smallest absolute Gasteiger partial charge is 0.247 e. The number of aryl methyl sites for hydroxylation is 2. The van der Waals surface area contributed by atoms with E-state index in [0.29, 0.717) is 5.69 Å². The molecule has 8 heteroatoms. The van der Waals surface area contributed by atoms with Gasteiger partial charge in [0.2, 0.25) is 21.8 Å². The molecule has 178 valence electrons. The van der Waals surface area contributed by atoms with Gasteiger partial charge in [-0.05, 0) is 52.2 Å². The lowest BCUT2D eigenvalue weighted by Crippen LogP contribution is -2.71. The number of hydrogen-bond acceptors (Lipinski definition) is 4. The first-order valence-corrected chi connectivity index (χ1v) is 13.4. The zero-order valence-corrected chi connectivity index (χ0v) is 20.6. The summed E-state index contributed by atoms with van der Waals surface area (Å²) in [7, 11) is -3.62. The van der Waals surface area contributed by atoms with Crippen LogP contribution in [0.5, 0.6) is 0 Å². The van der Waals surface area contributed by atoms with Crippen LogP contribution in [0.1, 0.15) is 69.9 Å². The number of amides is 2. The minimum absolute atomic E-state index is 0.0499. The number of benzene rings is 1. The molecule has 2 fully saturated rings. The molecule has 32 heavy (non-hydrogen) atoms. The molecular weight excluding hydrogens is 426 g/mol. The van der Waals surface area contributed by atoms with Crippen molar-refractivity contribution in [3.05, 3.63) is 29.3 Å². The Morgan fingerprint density at radius 1 is 1.12 bits per heavy atom. The van der Waals surface area contributed by atoms with Gasteiger partial charge in [0, 0.05) is 18.3 Å². The van der Waals surface area contributed by atoms with Gasteiger partial charge in [0.15, 0.2) is 0 Å². The summed E-state index contributed by atoms with van der Waals surface area (Å²) in [6, 6.07) is 5.80. The van der Waals surface area contributed by atoms with Crippen LogP contribution in [0.15, 0.2) is 18.2 Å². The number of hydrogen-bond donors (Lipinski definition) is 1. The first kappa shape index (κ1) is 24.7. The Balaban J connectivity index is 1.98. The summed E-state index contributed by atoms with van der Waals surface area (Å²) in [5, 5.41) is 3.18. The van der Waals surface area contributed by atoms with Gasteiger partial charge in [0.05, 0.1) is 12.3 Å². The summed E-state index contributed by atoms with van der Waals surface area (Å²) in [6.45, 7) is 6.83. The van der Waals surface area contributed by atoms with E-state index in [4.69, 9.17) is 0 Å². The fourth-order valence-electron chi connectivity index (χ4n) is 4.92. The highest BCUT2D eigenvalue weighted by molar-refractivity contribution is 7.89. The van der Waals surface area contributed by atoms with Crippen LogP contribution in [0, 0.1) is 13.8 Å². The zero-order valence-electron chi connectivity index (χ0n) is 19.8. The standard InChI is InChI=1S/C24H37N3O4S/c1-5-32(30,31)26-16-22(28)27(21-14-13-18(2)15-19(21)3)24(4,17-26)23(29)25-20-11-9-7-6-8-10-12-20/h13-15,20H,5-12,16-17H2,1-4H3,(H,25,29)/t24-/m0/s1. The second-order valence-electron chi connectivity index (χ2n) is 9.48. The topological polar surface area (TPSA) is 86.8 Å². The fraction of sp³-hybridized carbons (Fsp3) is 0.667. The average molecular weight is 464 g/mol. The van der Waals surface area contributed by atoms with E-state index in [0.717, 1.165) is 36.8 Å². The highest BCUT2D eigenvalue weighted by Gasteiger charge is 2.51. The molecule has 2 aliphatic rings. The van der Waals surface area contributed by atoms with Crippen molar-refractivity contribution in [2.45, 2.75) is 84.2 Å². The fourth-order valence-corrected chi connectivity index (χ4v) is 6.04. The van der Waals surface area contributed by atoms with Crippen molar-refractivity contribution in [1.29, 1.82) is 0 Å². The lowest BCUT2D eigenvalue weighted by atomic mass is 9.91. The van der Waals surface area contributed by atoms with Crippen molar-refractivity contribution in [2.24, 2.45) is 0 Å². The summed E-state index contributed by atoms with van der Waals surface area (Å²) < 4.78 is 26.5. The molecule has 0 unspecified atom stereocenters. The molecule has 1 aromatic carbocycles. The summed E-state index contributed by atoms with van der Waals surface area (Å²) in [6.07, 6.45) is 7.53. The van der Waals surface area contributed by atoms with E-state index < -0.39 is 15.6 Å². The Morgan fingerprint density at radius 2 is 1.75 bits per heavy atom. The molecule has 0 spiro atoms. The third-order valence-corrected chi connectivity index (χ3v) is 8.59. The summed E-state index contributed by atoms with van der Waals surface area (Å²) in [5.74, 6) is -0.771. The molecule has 3 rings (SSSR count). The van der Waals surface area contributed by atoms with Crippen LogP contribution in [0.25, 0.3) is 0 Å². The molecule has 1 N–H and O–H groups in total. The third-order valence-electron chi connectivity index (χ3n) is 6.82. The number of nitrogens with one attached hydrogen (secondary N) is 1. The maximum absolute atomic E-state index is 13.7. The monoisotopic (exact) mass is 463 g/mol. The van der Waals surface area contributed by atoms with E-state index in [2.05, 4.69) is 5.32 Å². The van der Waals surface area contributed by atoms with Crippen molar-refractivity contribution in [3.8, 4) is 0 Å². The number of carbonyl (C=O) groups is 2. The molecular formula is C24H37N3O4S. The number of nitrogens with zero attached hydrogens (tertiary/aromatic N) is 2. The summed E-state index contributed by atoms with van der Waals surface area (Å²) >= 11 is 0. The minimum atomic E-state index is -3.62. The number of carbonyl (C=O) groups excluding carboxylic acids is 2. The van der Waals surface area contributed by atoms with Gasteiger partial charge in [-0.1, -0.05) is 49.8 Å². The van der Waals surface area contributed by atoms with Gasteiger partial charge in [-0.15, -0.1) is 0 Å². The lowest BCUT2D eigenvalue weighted by molar-refractivity contribution is -0.133. The van der Waals surface area contributed by atoms with E-state index >= 15 is 0 Å². The van der Waals surface area contributed by atoms with Crippen LogP contribution in [-0.4, -0.2) is 55.0 Å². The first-order valence-electron chi connectivity index (χ1n) is 11.8. The normalized spacial score (nSPS) is 24.1. The van der Waals surface area contributed by atoms with Gasteiger partial charge in [0.1, 0.15) is 5.54 Å². The number of sulfonamides is 1. The van der Waals surface area contributed by atoms with E-state index in [-0.39, 0.29) is 36.7 Å². The summed E-state index contributed by atoms with van der Waals surface area (Å²) in [5.41, 5.74) is 1.27. The van der Waals surface area contributed by atoms with Crippen LogP contribution in [0.3, 0.4) is 0 Å².